The molecule has 0 unspecified atom stereocenters. The Morgan fingerprint density at radius 2 is 1.93 bits per heavy atom. The Bertz CT molecular complexity index is 1360. The molecule has 0 N–H and O–H groups in total. The van der Waals surface area contributed by atoms with Crippen LogP contribution in [-0.2, 0) is 22.5 Å². The largest absolute Gasteiger partial charge is 0.491 e. The molecule has 2 amide bonds. The lowest BCUT2D eigenvalue weighted by Crippen LogP contribution is -2.53. The van der Waals surface area contributed by atoms with E-state index in [1.807, 2.05) is 33.7 Å². The molecule has 3 aromatic rings. The van der Waals surface area contributed by atoms with Crippen LogP contribution in [0.15, 0.2) is 48.8 Å². The molecular formula is C32H40N4O4. The number of fused-ring (bicyclic) bond motifs is 3. The van der Waals surface area contributed by atoms with E-state index in [1.54, 1.807) is 13.4 Å². The van der Waals surface area contributed by atoms with Gasteiger partial charge in [0.05, 0.1) is 35.4 Å². The summed E-state index contributed by atoms with van der Waals surface area (Å²) in [7, 11) is 1.69. The van der Waals surface area contributed by atoms with Crippen LogP contribution in [0, 0.1) is 5.41 Å². The number of imidazole rings is 1. The van der Waals surface area contributed by atoms with Crippen molar-refractivity contribution < 1.29 is 19.1 Å². The van der Waals surface area contributed by atoms with Crippen molar-refractivity contribution in [3.63, 3.8) is 0 Å². The van der Waals surface area contributed by atoms with Crippen LogP contribution in [0.25, 0.3) is 11.0 Å². The van der Waals surface area contributed by atoms with Crippen molar-refractivity contribution in [1.82, 2.24) is 19.4 Å². The Labute approximate surface area is 236 Å². The second-order valence-corrected chi connectivity index (χ2v) is 11.6. The standard InChI is InChI=1S/C32H40N4O4/c1-39-20-19-35-23-33-27-21-25(11-12-28(27)35)30(37)34-17-14-32(15-18-34)13-5-4-8-24-7-2-3-10-29(24)40-22-26-9-6-16-36(26)31(32)38/h2-3,7,10-12,21,23,26H,4-6,8-9,13-20,22H2,1H3/t26-/m0/s1. The van der Waals surface area contributed by atoms with Gasteiger partial charge in [-0.3, -0.25) is 9.59 Å². The quantitative estimate of drug-likeness (QED) is 0.476. The summed E-state index contributed by atoms with van der Waals surface area (Å²) in [6, 6.07) is 14.2. The maximum atomic E-state index is 14.2. The van der Waals surface area contributed by atoms with E-state index in [9.17, 15) is 9.59 Å². The van der Waals surface area contributed by atoms with E-state index in [4.69, 9.17) is 9.47 Å². The van der Waals surface area contributed by atoms with E-state index >= 15 is 0 Å². The van der Waals surface area contributed by atoms with Crippen molar-refractivity contribution in [1.29, 1.82) is 0 Å². The molecule has 1 atom stereocenters. The summed E-state index contributed by atoms with van der Waals surface area (Å²) < 4.78 is 13.5. The fourth-order valence-corrected chi connectivity index (χ4v) is 6.85. The summed E-state index contributed by atoms with van der Waals surface area (Å²) in [6.45, 7) is 3.88. The molecule has 4 heterocycles. The van der Waals surface area contributed by atoms with Gasteiger partial charge < -0.3 is 23.8 Å². The molecule has 0 bridgehead atoms. The number of methoxy groups -OCH3 is 1. The maximum absolute atomic E-state index is 14.2. The van der Waals surface area contributed by atoms with Crippen LogP contribution in [0.5, 0.6) is 5.75 Å². The Hall–Kier alpha value is -3.39. The van der Waals surface area contributed by atoms with E-state index in [2.05, 4.69) is 28.1 Å². The van der Waals surface area contributed by atoms with E-state index in [0.717, 1.165) is 68.4 Å². The number of carbonyl (C=O) groups is 2. The molecule has 8 nitrogen and oxygen atoms in total. The summed E-state index contributed by atoms with van der Waals surface area (Å²) in [5.74, 6) is 1.26. The van der Waals surface area contributed by atoms with Crippen LogP contribution >= 0.6 is 0 Å². The van der Waals surface area contributed by atoms with Crippen molar-refractivity contribution in [3.05, 3.63) is 59.9 Å². The van der Waals surface area contributed by atoms with Gasteiger partial charge in [-0.2, -0.15) is 0 Å². The normalized spacial score (nSPS) is 21.4. The second kappa shape index (κ2) is 11.6. The van der Waals surface area contributed by atoms with Gasteiger partial charge in [-0.05, 0) is 74.8 Å². The fourth-order valence-electron chi connectivity index (χ4n) is 6.85. The van der Waals surface area contributed by atoms with Gasteiger partial charge >= 0.3 is 0 Å². The van der Waals surface area contributed by atoms with Crippen LogP contribution in [-0.4, -0.2) is 77.2 Å². The van der Waals surface area contributed by atoms with Gasteiger partial charge in [-0.25, -0.2) is 4.98 Å². The summed E-state index contributed by atoms with van der Waals surface area (Å²) in [4.78, 5) is 36.3. The lowest BCUT2D eigenvalue weighted by Gasteiger charge is -2.44. The number of nitrogens with zero attached hydrogens (tertiary/aromatic N) is 4. The predicted molar refractivity (Wildman–Crippen MR) is 153 cm³/mol. The molecule has 0 saturated carbocycles. The highest BCUT2D eigenvalue weighted by molar-refractivity contribution is 5.97. The molecular weight excluding hydrogens is 504 g/mol. The molecule has 2 aromatic carbocycles. The van der Waals surface area contributed by atoms with Crippen molar-refractivity contribution in [2.75, 3.05) is 40.0 Å². The highest BCUT2D eigenvalue weighted by Crippen LogP contribution is 2.41. The molecule has 40 heavy (non-hydrogen) atoms. The SMILES string of the molecule is COCCn1cnc2cc(C(=O)N3CCC4(CCCCc5ccccc5OC[C@@H]5CCCN5C4=O)CC3)ccc21. The topological polar surface area (TPSA) is 76.9 Å². The Balaban J connectivity index is 1.17. The van der Waals surface area contributed by atoms with Gasteiger partial charge in [-0.1, -0.05) is 24.6 Å². The number of piperidine rings is 1. The van der Waals surface area contributed by atoms with E-state index in [1.165, 1.54) is 5.56 Å². The number of para-hydroxylation sites is 1. The minimum atomic E-state index is -0.401. The summed E-state index contributed by atoms with van der Waals surface area (Å²) in [6.07, 6.45) is 9.09. The average Bonchev–Trinajstić information content (AvgIpc) is 3.63. The van der Waals surface area contributed by atoms with Gasteiger partial charge in [0, 0.05) is 38.9 Å². The number of aryl methyl sites for hydroxylation is 1. The monoisotopic (exact) mass is 544 g/mol. The molecule has 1 spiro atoms. The molecule has 212 valence electrons. The third kappa shape index (κ3) is 5.21. The van der Waals surface area contributed by atoms with Gasteiger partial charge in [0.2, 0.25) is 5.91 Å². The highest BCUT2D eigenvalue weighted by Gasteiger charge is 2.46. The third-order valence-electron chi connectivity index (χ3n) is 9.26. The van der Waals surface area contributed by atoms with Gasteiger partial charge in [0.15, 0.2) is 0 Å². The van der Waals surface area contributed by atoms with Crippen LogP contribution in [0.2, 0.25) is 0 Å². The van der Waals surface area contributed by atoms with Crippen molar-refractivity contribution >= 4 is 22.8 Å². The molecule has 3 aliphatic heterocycles. The van der Waals surface area contributed by atoms with E-state index < -0.39 is 5.41 Å². The number of benzene rings is 2. The predicted octanol–water partition coefficient (Wildman–Crippen LogP) is 4.70. The first-order valence-electron chi connectivity index (χ1n) is 14.8. The number of rotatable bonds is 4. The lowest BCUT2D eigenvalue weighted by molar-refractivity contribution is -0.147. The summed E-state index contributed by atoms with van der Waals surface area (Å²) >= 11 is 0. The smallest absolute Gasteiger partial charge is 0.253 e. The molecule has 8 heteroatoms. The lowest BCUT2D eigenvalue weighted by atomic mass is 9.72. The first-order chi connectivity index (χ1) is 19.6. The second-order valence-electron chi connectivity index (χ2n) is 11.6. The number of hydrogen-bond acceptors (Lipinski definition) is 5. The number of aromatic nitrogens is 2. The maximum Gasteiger partial charge on any atom is 0.253 e. The Morgan fingerprint density at radius 3 is 2.77 bits per heavy atom. The van der Waals surface area contributed by atoms with Gasteiger partial charge in [0.25, 0.3) is 5.91 Å². The fraction of sp³-hybridized carbons (Fsp3) is 0.531. The zero-order valence-corrected chi connectivity index (χ0v) is 23.5. The molecule has 2 fully saturated rings. The number of carbonyl (C=O) groups excluding carboxylic acids is 2. The molecule has 1 aromatic heterocycles. The van der Waals surface area contributed by atoms with Crippen LogP contribution in [0.1, 0.15) is 60.9 Å². The Kier molecular flexibility index (Phi) is 7.78. The Morgan fingerprint density at radius 1 is 1.07 bits per heavy atom. The van der Waals surface area contributed by atoms with Crippen molar-refractivity contribution in [3.8, 4) is 5.75 Å². The van der Waals surface area contributed by atoms with Crippen LogP contribution < -0.4 is 4.74 Å². The zero-order chi connectivity index (χ0) is 27.5. The van der Waals surface area contributed by atoms with E-state index in [0.29, 0.717) is 44.7 Å². The van der Waals surface area contributed by atoms with Crippen molar-refractivity contribution in [2.45, 2.75) is 64.0 Å². The summed E-state index contributed by atoms with van der Waals surface area (Å²) in [5.41, 5.74) is 3.32. The van der Waals surface area contributed by atoms with Gasteiger partial charge in [-0.15, -0.1) is 0 Å². The third-order valence-corrected chi connectivity index (χ3v) is 9.26. The minimum absolute atomic E-state index is 0.0212. The first kappa shape index (κ1) is 26.8. The van der Waals surface area contributed by atoms with E-state index in [-0.39, 0.29) is 17.9 Å². The molecule has 6 rings (SSSR count). The molecule has 2 saturated heterocycles. The number of likely N-dealkylation sites (tertiary alicyclic amines) is 1. The molecule has 3 aliphatic rings. The average molecular weight is 545 g/mol. The molecule has 0 radical (unpaired) electrons. The number of hydrogen-bond donors (Lipinski definition) is 0. The van der Waals surface area contributed by atoms with Gasteiger partial charge in [0.1, 0.15) is 12.4 Å². The van der Waals surface area contributed by atoms with Crippen LogP contribution in [0.3, 0.4) is 0 Å². The summed E-state index contributed by atoms with van der Waals surface area (Å²) in [5, 5.41) is 0. The van der Waals surface area contributed by atoms with Crippen LogP contribution in [0.4, 0.5) is 0 Å². The number of ether oxygens (including phenoxy) is 2. The highest BCUT2D eigenvalue weighted by atomic mass is 16.5. The minimum Gasteiger partial charge on any atom is -0.491 e. The first-order valence-corrected chi connectivity index (χ1v) is 14.8. The molecule has 0 aliphatic carbocycles. The number of amides is 2. The van der Waals surface area contributed by atoms with Crippen molar-refractivity contribution in [2.24, 2.45) is 5.41 Å². The zero-order valence-electron chi connectivity index (χ0n) is 23.5.